The third-order valence-electron chi connectivity index (χ3n) is 11.6. The number of carboxylic acid groups (broad SMARTS) is 1. The average Bonchev–Trinajstić information content (AvgIpc) is 3.42. The Kier molecular flexibility index (Phi) is 12.2. The molecule has 2 aliphatic heterocycles. The number of carbonyl (C=O) groups is 4. The number of aromatic carboxylic acids is 1. The molecule has 5 fully saturated rings. The van der Waals surface area contributed by atoms with Gasteiger partial charge in [-0.15, -0.1) is 0 Å². The first kappa shape index (κ1) is 41.6. The minimum Gasteiger partial charge on any atom is -0.496 e. The highest BCUT2D eigenvalue weighted by Crippen LogP contribution is 2.65. The molecule has 3 saturated carbocycles. The third kappa shape index (κ3) is 9.45. The van der Waals surface area contributed by atoms with Gasteiger partial charge >= 0.3 is 25.3 Å². The van der Waals surface area contributed by atoms with Crippen LogP contribution in [0.3, 0.4) is 0 Å². The Hall–Kier alpha value is -3.56. The first-order valence-corrected chi connectivity index (χ1v) is 19.3. The van der Waals surface area contributed by atoms with E-state index in [2.05, 4.69) is 36.3 Å². The van der Waals surface area contributed by atoms with Crippen molar-refractivity contribution >= 4 is 31.2 Å². The molecule has 5 aliphatic rings. The molecule has 0 spiro atoms. The van der Waals surface area contributed by atoms with E-state index in [1.165, 1.54) is 13.2 Å². The molecule has 54 heavy (non-hydrogen) atoms. The Bertz CT molecular complexity index is 1550. The van der Waals surface area contributed by atoms with Gasteiger partial charge in [-0.1, -0.05) is 26.0 Å². The van der Waals surface area contributed by atoms with Crippen molar-refractivity contribution in [3.05, 3.63) is 29.3 Å². The summed E-state index contributed by atoms with van der Waals surface area (Å²) in [5.74, 6) is -0.804. The van der Waals surface area contributed by atoms with E-state index in [0.717, 1.165) is 12.8 Å². The zero-order valence-corrected chi connectivity index (χ0v) is 33.8. The molecule has 1 aromatic rings. The molecule has 3 aliphatic carbocycles. The van der Waals surface area contributed by atoms with Gasteiger partial charge in [-0.05, 0) is 109 Å². The summed E-state index contributed by atoms with van der Waals surface area (Å²) < 4.78 is 30.1. The quantitative estimate of drug-likeness (QED) is 0.248. The number of methoxy groups -OCH3 is 1. The first-order chi connectivity index (χ1) is 25.1. The molecule has 1 aromatic carbocycles. The Morgan fingerprint density at radius 3 is 2.30 bits per heavy atom. The lowest BCUT2D eigenvalue weighted by Crippen LogP contribution is -2.65. The lowest BCUT2D eigenvalue weighted by Gasteiger charge is -2.64. The van der Waals surface area contributed by atoms with Crippen molar-refractivity contribution in [1.29, 1.82) is 0 Å². The fraction of sp³-hybridized carbons (Fsp3) is 0.744. The van der Waals surface area contributed by atoms with Crippen molar-refractivity contribution in [2.75, 3.05) is 39.8 Å². The highest BCUT2D eigenvalue weighted by atomic mass is 16.7. The van der Waals surface area contributed by atoms with Gasteiger partial charge in [-0.25, -0.2) is 14.4 Å². The molecule has 5 unspecified atom stereocenters. The molecule has 14 nitrogen and oxygen atoms in total. The highest BCUT2D eigenvalue weighted by molar-refractivity contribution is 6.48. The molecule has 2 saturated heterocycles. The van der Waals surface area contributed by atoms with E-state index in [1.54, 1.807) is 37.8 Å². The van der Waals surface area contributed by atoms with E-state index < -0.39 is 48.0 Å². The summed E-state index contributed by atoms with van der Waals surface area (Å²) in [5.41, 5.74) is -1.02. The molecule has 3 amide bonds. The maximum Gasteiger partial charge on any atom is 0.482 e. The van der Waals surface area contributed by atoms with Gasteiger partial charge in [0.05, 0.1) is 31.3 Å². The molecule has 0 aromatic heterocycles. The molecule has 3 N–H and O–H groups in total. The van der Waals surface area contributed by atoms with Gasteiger partial charge in [-0.3, -0.25) is 9.69 Å². The number of carboxylic acids is 1. The maximum atomic E-state index is 13.8. The zero-order valence-electron chi connectivity index (χ0n) is 33.8. The topological polar surface area (TPSA) is 165 Å². The molecule has 2 bridgehead atoms. The van der Waals surface area contributed by atoms with Crippen molar-refractivity contribution in [3.8, 4) is 5.75 Å². The fourth-order valence-corrected chi connectivity index (χ4v) is 8.86. The largest absolute Gasteiger partial charge is 0.496 e. The average molecular weight is 757 g/mol. The number of benzene rings is 1. The minimum absolute atomic E-state index is 0.0421. The van der Waals surface area contributed by atoms with E-state index in [-0.39, 0.29) is 60.8 Å². The zero-order chi connectivity index (χ0) is 39.8. The van der Waals surface area contributed by atoms with Gasteiger partial charge in [0.1, 0.15) is 22.5 Å². The van der Waals surface area contributed by atoms with Crippen molar-refractivity contribution < 1.29 is 47.8 Å². The number of rotatable bonds is 12. The standard InChI is InChI=1S/C39H61BN4O10/c1-36(2,3)51-34(48)41-16-19-44(35(49)52-37(4,5)6)26-14-17-43(18-15-26)23-31(45)42-30(20-24-12-11-13-27(33(46)47)32(24)50-10)40-53-29-22-25-21-28(38(25,7)8)39(29,9)54-40/h11-13,25-26,28-30H,14-23H2,1-10H3,(H,41,48)(H,42,45)(H,46,47). The maximum absolute atomic E-state index is 13.8. The molecule has 2 heterocycles. The van der Waals surface area contributed by atoms with Gasteiger partial charge in [0.15, 0.2) is 0 Å². The van der Waals surface area contributed by atoms with Gasteiger partial charge in [0, 0.05) is 32.2 Å². The van der Waals surface area contributed by atoms with Gasteiger partial charge in [0.2, 0.25) is 5.91 Å². The van der Waals surface area contributed by atoms with E-state index in [1.807, 2.05) is 20.8 Å². The van der Waals surface area contributed by atoms with E-state index in [0.29, 0.717) is 43.3 Å². The lowest BCUT2D eigenvalue weighted by atomic mass is 9.43. The summed E-state index contributed by atoms with van der Waals surface area (Å²) in [6, 6.07) is 4.82. The van der Waals surface area contributed by atoms with Crippen LogP contribution in [-0.4, -0.2) is 121 Å². The van der Waals surface area contributed by atoms with Gasteiger partial charge < -0.3 is 44.2 Å². The SMILES string of the molecule is COc1c(CC(NC(=O)CN2CCC(N(CCNC(=O)OC(C)(C)C)C(=O)OC(C)(C)C)CC2)B2OC3CC4CC(C4(C)C)C3(C)O2)cccc1C(=O)O. The van der Waals surface area contributed by atoms with E-state index in [4.69, 9.17) is 23.5 Å². The number of likely N-dealkylation sites (tertiary alicyclic amines) is 1. The Morgan fingerprint density at radius 2 is 1.70 bits per heavy atom. The lowest BCUT2D eigenvalue weighted by molar-refractivity contribution is -0.199. The van der Waals surface area contributed by atoms with Crippen molar-refractivity contribution in [1.82, 2.24) is 20.4 Å². The number of amides is 3. The monoisotopic (exact) mass is 756 g/mol. The Labute approximate surface area is 320 Å². The van der Waals surface area contributed by atoms with Crippen molar-refractivity contribution in [3.63, 3.8) is 0 Å². The summed E-state index contributed by atoms with van der Waals surface area (Å²) in [6.07, 6.45) is 2.32. The normalized spacial score (nSPS) is 25.8. The summed E-state index contributed by atoms with van der Waals surface area (Å²) in [7, 11) is 0.706. The predicted octanol–water partition coefficient (Wildman–Crippen LogP) is 4.91. The number of alkyl carbamates (subject to hydrolysis) is 1. The fourth-order valence-electron chi connectivity index (χ4n) is 8.86. The Morgan fingerprint density at radius 1 is 1.04 bits per heavy atom. The van der Waals surface area contributed by atoms with Crippen LogP contribution in [0.15, 0.2) is 18.2 Å². The number of nitrogens with zero attached hydrogens (tertiary/aromatic N) is 2. The van der Waals surface area contributed by atoms with Crippen LogP contribution in [0.5, 0.6) is 5.75 Å². The van der Waals surface area contributed by atoms with Crippen LogP contribution in [0.4, 0.5) is 9.59 Å². The number of ether oxygens (including phenoxy) is 3. The van der Waals surface area contributed by atoms with E-state index in [9.17, 15) is 24.3 Å². The summed E-state index contributed by atoms with van der Waals surface area (Å²) >= 11 is 0. The molecular weight excluding hydrogens is 695 g/mol. The molecule has 300 valence electrons. The Balaban J connectivity index is 1.25. The number of para-hydroxylation sites is 1. The number of hydrogen-bond acceptors (Lipinski definition) is 10. The minimum atomic E-state index is -1.10. The second-order valence-electron chi connectivity index (χ2n) is 18.1. The molecule has 15 heteroatoms. The smallest absolute Gasteiger partial charge is 0.482 e. The van der Waals surface area contributed by atoms with Crippen LogP contribution in [0.2, 0.25) is 0 Å². The number of carbonyl (C=O) groups excluding carboxylic acids is 3. The second kappa shape index (κ2) is 15.9. The van der Waals surface area contributed by atoms with Crippen LogP contribution in [0.1, 0.15) is 104 Å². The molecule has 6 rings (SSSR count). The molecule has 5 atom stereocenters. The third-order valence-corrected chi connectivity index (χ3v) is 11.6. The second-order valence-corrected chi connectivity index (χ2v) is 18.1. The van der Waals surface area contributed by atoms with Crippen LogP contribution in [-0.2, 0) is 30.0 Å². The predicted molar refractivity (Wildman–Crippen MR) is 202 cm³/mol. The number of hydrogen-bond donors (Lipinski definition) is 3. The first-order valence-electron chi connectivity index (χ1n) is 19.3. The van der Waals surface area contributed by atoms with Crippen LogP contribution >= 0.6 is 0 Å². The van der Waals surface area contributed by atoms with Crippen LogP contribution in [0.25, 0.3) is 0 Å². The highest BCUT2D eigenvalue weighted by Gasteiger charge is 2.68. The van der Waals surface area contributed by atoms with Crippen molar-refractivity contribution in [2.45, 2.75) is 129 Å². The van der Waals surface area contributed by atoms with Gasteiger partial charge in [0.25, 0.3) is 0 Å². The number of nitrogens with one attached hydrogen (secondary N) is 2. The van der Waals surface area contributed by atoms with Crippen LogP contribution in [0, 0.1) is 17.3 Å². The van der Waals surface area contributed by atoms with E-state index >= 15 is 0 Å². The van der Waals surface area contributed by atoms with Crippen LogP contribution < -0.4 is 15.4 Å². The van der Waals surface area contributed by atoms with Gasteiger partial charge in [-0.2, -0.15) is 0 Å². The number of piperidine rings is 1. The summed E-state index contributed by atoms with van der Waals surface area (Å²) in [4.78, 5) is 55.1. The van der Waals surface area contributed by atoms with Crippen molar-refractivity contribution in [2.24, 2.45) is 17.3 Å². The molecule has 0 radical (unpaired) electrons. The molecular formula is C39H61BN4O10. The summed E-state index contributed by atoms with van der Waals surface area (Å²) in [5, 5.41) is 15.8. The summed E-state index contributed by atoms with van der Waals surface area (Å²) in [6.45, 7) is 19.2.